The number of carbonyl (C=O) groups excluding carboxylic acids is 1. The zero-order valence-electron chi connectivity index (χ0n) is 16.3. The molecule has 1 amide bonds. The van der Waals surface area contributed by atoms with Crippen LogP contribution < -0.4 is 10.9 Å². The van der Waals surface area contributed by atoms with Gasteiger partial charge in [-0.3, -0.25) is 14.2 Å². The number of aromatic nitrogens is 2. The summed E-state index contributed by atoms with van der Waals surface area (Å²) in [4.78, 5) is 29.5. The van der Waals surface area contributed by atoms with Crippen LogP contribution in [0.15, 0.2) is 35.4 Å². The average molecular weight is 404 g/mol. The van der Waals surface area contributed by atoms with Gasteiger partial charge in [0.25, 0.3) is 5.56 Å². The Hall–Kier alpha value is -1.86. The van der Waals surface area contributed by atoms with Gasteiger partial charge in [-0.2, -0.15) is 11.8 Å². The number of carbonyl (C=O) groups is 1. The molecular formula is C21H29N3O3S. The number of hydrogen-bond acceptors (Lipinski definition) is 5. The van der Waals surface area contributed by atoms with E-state index in [9.17, 15) is 14.7 Å². The summed E-state index contributed by atoms with van der Waals surface area (Å²) < 4.78 is 1.71. The van der Waals surface area contributed by atoms with Gasteiger partial charge in [-0.25, -0.2) is 4.98 Å². The summed E-state index contributed by atoms with van der Waals surface area (Å²) >= 11 is 1.72. The molecule has 1 saturated carbocycles. The van der Waals surface area contributed by atoms with Gasteiger partial charge in [0, 0.05) is 12.5 Å². The highest BCUT2D eigenvalue weighted by Crippen LogP contribution is 2.30. The van der Waals surface area contributed by atoms with Crippen LogP contribution >= 0.6 is 11.8 Å². The molecule has 152 valence electrons. The number of fused-ring (bicyclic) bond motifs is 1. The van der Waals surface area contributed by atoms with Crippen molar-refractivity contribution in [1.82, 2.24) is 14.9 Å². The van der Waals surface area contributed by atoms with Crippen molar-refractivity contribution in [3.8, 4) is 0 Å². The molecule has 0 bridgehead atoms. The van der Waals surface area contributed by atoms with Crippen molar-refractivity contribution >= 4 is 28.6 Å². The molecule has 28 heavy (non-hydrogen) atoms. The summed E-state index contributed by atoms with van der Waals surface area (Å²) in [6.45, 7) is 0.636. The molecule has 3 rings (SSSR count). The molecule has 2 aromatic rings. The number of hydrogen-bond donors (Lipinski definition) is 2. The predicted molar refractivity (Wildman–Crippen MR) is 113 cm³/mol. The summed E-state index contributed by atoms with van der Waals surface area (Å²) in [5.41, 5.74) is 0.731. The lowest BCUT2D eigenvalue weighted by Crippen LogP contribution is -2.42. The molecule has 1 aliphatic rings. The third kappa shape index (κ3) is 5.14. The van der Waals surface area contributed by atoms with Gasteiger partial charge in [-0.05, 0) is 62.2 Å². The van der Waals surface area contributed by atoms with Crippen molar-refractivity contribution < 1.29 is 9.90 Å². The minimum absolute atomic E-state index is 0.00467. The van der Waals surface area contributed by atoms with Crippen LogP contribution in [0.3, 0.4) is 0 Å². The first kappa shape index (κ1) is 20.9. The second-order valence-electron chi connectivity index (χ2n) is 7.61. The molecule has 1 heterocycles. The molecular weight excluding hydrogens is 374 g/mol. The fourth-order valence-corrected chi connectivity index (χ4v) is 4.43. The Bertz CT molecular complexity index is 846. The molecule has 0 radical (unpaired) electrons. The molecule has 7 heteroatoms. The minimum atomic E-state index is -0.153. The second kappa shape index (κ2) is 10.1. The topological polar surface area (TPSA) is 84.2 Å². The average Bonchev–Trinajstić information content (AvgIpc) is 2.73. The Kier molecular flexibility index (Phi) is 7.50. The fraction of sp³-hybridized carbons (Fsp3) is 0.571. The largest absolute Gasteiger partial charge is 0.394 e. The predicted octanol–water partition coefficient (Wildman–Crippen LogP) is 2.43. The molecule has 2 N–H and O–H groups in total. The molecule has 0 aliphatic heterocycles. The first-order valence-electron chi connectivity index (χ1n) is 9.96. The van der Waals surface area contributed by atoms with Crippen molar-refractivity contribution in [2.24, 2.45) is 11.8 Å². The van der Waals surface area contributed by atoms with Crippen molar-refractivity contribution in [3.63, 3.8) is 0 Å². The van der Waals surface area contributed by atoms with Gasteiger partial charge in [-0.1, -0.05) is 12.1 Å². The number of aliphatic hydroxyl groups excluding tert-OH is 1. The van der Waals surface area contributed by atoms with E-state index in [0.29, 0.717) is 17.8 Å². The first-order valence-corrected chi connectivity index (χ1v) is 11.4. The molecule has 6 nitrogen and oxygen atoms in total. The summed E-state index contributed by atoms with van der Waals surface area (Å²) in [5, 5.41) is 13.1. The van der Waals surface area contributed by atoms with E-state index in [4.69, 9.17) is 0 Å². The van der Waals surface area contributed by atoms with Crippen LogP contribution in [0.4, 0.5) is 0 Å². The van der Waals surface area contributed by atoms with Crippen molar-refractivity contribution in [3.05, 3.63) is 40.9 Å². The maximum absolute atomic E-state index is 12.6. The summed E-state index contributed by atoms with van der Waals surface area (Å²) in [6.07, 6.45) is 7.95. The molecule has 1 unspecified atom stereocenters. The maximum Gasteiger partial charge on any atom is 0.261 e. The highest BCUT2D eigenvalue weighted by Gasteiger charge is 2.27. The highest BCUT2D eigenvalue weighted by atomic mass is 32.2. The van der Waals surface area contributed by atoms with Crippen LogP contribution in [0.2, 0.25) is 0 Å². The monoisotopic (exact) mass is 403 g/mol. The molecule has 1 aromatic heterocycles. The molecule has 1 fully saturated rings. The number of nitrogens with one attached hydrogen (secondary N) is 1. The molecule has 1 atom stereocenters. The number of nitrogens with zero attached hydrogens (tertiary/aromatic N) is 2. The van der Waals surface area contributed by atoms with E-state index < -0.39 is 0 Å². The Morgan fingerprint density at radius 2 is 2.07 bits per heavy atom. The van der Waals surface area contributed by atoms with Gasteiger partial charge >= 0.3 is 0 Å². The van der Waals surface area contributed by atoms with E-state index in [-0.39, 0.29) is 30.0 Å². The number of amides is 1. The Labute approximate surface area is 169 Å². The van der Waals surface area contributed by atoms with E-state index in [1.165, 1.54) is 0 Å². The standard InChI is InChI=1S/C21H29N3O3S/c1-28-11-10-17(13-25)23-20(26)16-8-6-15(7-9-16)12-24-14-22-19-5-3-2-4-18(19)21(24)27/h2-5,14-17,25H,6-13H2,1H3,(H,23,26). The third-order valence-electron chi connectivity index (χ3n) is 5.64. The number of rotatable bonds is 8. The maximum atomic E-state index is 12.6. The van der Waals surface area contributed by atoms with Gasteiger partial charge in [0.1, 0.15) is 0 Å². The lowest BCUT2D eigenvalue weighted by Gasteiger charge is -2.29. The SMILES string of the molecule is CSCCC(CO)NC(=O)C1CCC(Cn2cnc3ccccc3c2=O)CC1. The van der Waals surface area contributed by atoms with Crippen LogP contribution in [0.25, 0.3) is 10.9 Å². The summed E-state index contributed by atoms with van der Waals surface area (Å²) in [6, 6.07) is 7.26. The smallest absolute Gasteiger partial charge is 0.261 e. The Morgan fingerprint density at radius 3 is 2.79 bits per heavy atom. The van der Waals surface area contributed by atoms with Gasteiger partial charge < -0.3 is 10.4 Å². The second-order valence-corrected chi connectivity index (χ2v) is 8.59. The lowest BCUT2D eigenvalue weighted by atomic mass is 9.81. The normalized spacial score (nSPS) is 20.8. The van der Waals surface area contributed by atoms with E-state index >= 15 is 0 Å². The number of aliphatic hydroxyl groups is 1. The van der Waals surface area contributed by atoms with E-state index in [1.54, 1.807) is 22.7 Å². The van der Waals surface area contributed by atoms with Crippen LogP contribution in [0.1, 0.15) is 32.1 Å². The minimum Gasteiger partial charge on any atom is -0.394 e. The quantitative estimate of drug-likeness (QED) is 0.707. The fourth-order valence-electron chi connectivity index (χ4n) is 3.91. The summed E-state index contributed by atoms with van der Waals surface area (Å²) in [5.74, 6) is 1.37. The van der Waals surface area contributed by atoms with Crippen LogP contribution in [0, 0.1) is 11.8 Å². The zero-order valence-corrected chi connectivity index (χ0v) is 17.2. The van der Waals surface area contributed by atoms with E-state index in [1.807, 2.05) is 30.5 Å². The number of para-hydroxylation sites is 1. The van der Waals surface area contributed by atoms with Crippen molar-refractivity contribution in [2.75, 3.05) is 18.6 Å². The van der Waals surface area contributed by atoms with Crippen molar-refractivity contribution in [2.45, 2.75) is 44.7 Å². The van der Waals surface area contributed by atoms with Gasteiger partial charge in [0.15, 0.2) is 0 Å². The summed E-state index contributed by atoms with van der Waals surface area (Å²) in [7, 11) is 0. The van der Waals surface area contributed by atoms with E-state index in [2.05, 4.69) is 10.3 Å². The first-order chi connectivity index (χ1) is 13.6. The molecule has 0 spiro atoms. The molecule has 1 aliphatic carbocycles. The number of thioether (sulfide) groups is 1. The molecule has 1 aromatic carbocycles. The Morgan fingerprint density at radius 1 is 1.32 bits per heavy atom. The van der Waals surface area contributed by atoms with Crippen LogP contribution in [-0.2, 0) is 11.3 Å². The van der Waals surface area contributed by atoms with Crippen LogP contribution in [-0.4, -0.2) is 45.2 Å². The molecule has 0 saturated heterocycles. The van der Waals surface area contributed by atoms with E-state index in [0.717, 1.165) is 43.4 Å². The lowest BCUT2D eigenvalue weighted by molar-refractivity contribution is -0.127. The Balaban J connectivity index is 1.53. The highest BCUT2D eigenvalue weighted by molar-refractivity contribution is 7.98. The van der Waals surface area contributed by atoms with Crippen LogP contribution in [0.5, 0.6) is 0 Å². The van der Waals surface area contributed by atoms with Crippen molar-refractivity contribution in [1.29, 1.82) is 0 Å². The zero-order chi connectivity index (χ0) is 19.9. The third-order valence-corrected chi connectivity index (χ3v) is 6.29. The number of benzene rings is 1. The van der Waals surface area contributed by atoms with Gasteiger partial charge in [0.2, 0.25) is 5.91 Å². The van der Waals surface area contributed by atoms with Gasteiger partial charge in [-0.15, -0.1) is 0 Å². The van der Waals surface area contributed by atoms with Gasteiger partial charge in [0.05, 0.1) is 29.9 Å².